The Morgan fingerprint density at radius 3 is 2.96 bits per heavy atom. The third kappa shape index (κ3) is 2.16. The van der Waals surface area contributed by atoms with Crippen LogP contribution in [0.3, 0.4) is 0 Å². The molecule has 0 unspecified atom stereocenters. The largest absolute Gasteiger partial charge is 0.382 e. The van der Waals surface area contributed by atoms with Gasteiger partial charge >= 0.3 is 0 Å². The first kappa shape index (κ1) is 14.9. The minimum Gasteiger partial charge on any atom is -0.382 e. The molecule has 0 spiro atoms. The Bertz CT molecular complexity index is 799. The maximum Gasteiger partial charge on any atom is 0.223 e. The fourth-order valence-corrected chi connectivity index (χ4v) is 4.79. The highest BCUT2D eigenvalue weighted by Crippen LogP contribution is 2.45. The summed E-state index contributed by atoms with van der Waals surface area (Å²) in [5, 5.41) is 0. The van der Waals surface area contributed by atoms with E-state index in [2.05, 4.69) is 44.6 Å². The molecule has 1 amide bonds. The van der Waals surface area contributed by atoms with Gasteiger partial charge in [-0.3, -0.25) is 9.20 Å². The average molecular weight is 378 g/mol. The van der Waals surface area contributed by atoms with E-state index in [1.54, 1.807) is 6.20 Å². The zero-order valence-electron chi connectivity index (χ0n) is 13.3. The summed E-state index contributed by atoms with van der Waals surface area (Å²) >= 11 is 3.49. The highest BCUT2D eigenvalue weighted by Gasteiger charge is 2.48. The van der Waals surface area contributed by atoms with E-state index in [1.807, 2.05) is 10.6 Å². The van der Waals surface area contributed by atoms with Crippen molar-refractivity contribution < 1.29 is 4.79 Å². The van der Waals surface area contributed by atoms with Crippen LogP contribution in [-0.2, 0) is 4.79 Å². The Kier molecular flexibility index (Phi) is 3.20. The highest BCUT2D eigenvalue weighted by atomic mass is 79.9. The molecule has 2 aliphatic rings. The van der Waals surface area contributed by atoms with Crippen LogP contribution in [0.25, 0.3) is 5.52 Å². The molecule has 2 N–H and O–H groups in total. The molecule has 0 bridgehead atoms. The van der Waals surface area contributed by atoms with E-state index in [4.69, 9.17) is 5.73 Å². The third-order valence-corrected chi connectivity index (χ3v) is 5.90. The Balaban J connectivity index is 1.71. The second kappa shape index (κ2) is 4.93. The predicted molar refractivity (Wildman–Crippen MR) is 91.0 cm³/mol. The first-order valence-electron chi connectivity index (χ1n) is 7.96. The fourth-order valence-electron chi connectivity index (χ4n) is 4.21. The Hall–Kier alpha value is -1.63. The minimum absolute atomic E-state index is 0.0750. The van der Waals surface area contributed by atoms with Crippen LogP contribution in [0.15, 0.2) is 17.0 Å². The summed E-state index contributed by atoms with van der Waals surface area (Å²) in [4.78, 5) is 23.3. The van der Waals surface area contributed by atoms with Crippen molar-refractivity contribution in [3.63, 3.8) is 0 Å². The molecular formula is C16H20BrN5O. The van der Waals surface area contributed by atoms with Gasteiger partial charge in [-0.25, -0.2) is 9.97 Å². The second-order valence-electron chi connectivity index (χ2n) is 7.29. The van der Waals surface area contributed by atoms with Gasteiger partial charge < -0.3 is 10.6 Å². The zero-order chi connectivity index (χ0) is 16.4. The van der Waals surface area contributed by atoms with Gasteiger partial charge in [0.25, 0.3) is 0 Å². The molecule has 0 radical (unpaired) electrons. The minimum atomic E-state index is 0.0750. The third-order valence-electron chi connectivity index (χ3n) is 5.34. The molecular weight excluding hydrogens is 358 g/mol. The number of amides is 1. The smallest absolute Gasteiger partial charge is 0.223 e. The standard InChI is InChI=1S/C16H20BrN5O/c1-16(2)7-11(23)22-8-9(3-4-10(16)22)15-20-13(17)12-14(18)19-5-6-21(12)15/h5-6,9-10H,3-4,7-8H2,1-2H3,(H2,18,19)/t9-,10+/m0/s1. The van der Waals surface area contributed by atoms with Crippen LogP contribution in [0.4, 0.5) is 5.82 Å². The van der Waals surface area contributed by atoms with Crippen molar-refractivity contribution in [2.24, 2.45) is 5.41 Å². The van der Waals surface area contributed by atoms with Gasteiger partial charge in [-0.2, -0.15) is 0 Å². The zero-order valence-corrected chi connectivity index (χ0v) is 14.9. The monoisotopic (exact) mass is 377 g/mol. The molecule has 2 fully saturated rings. The van der Waals surface area contributed by atoms with Crippen molar-refractivity contribution >= 4 is 33.2 Å². The van der Waals surface area contributed by atoms with Gasteiger partial charge in [-0.15, -0.1) is 0 Å². The average Bonchev–Trinajstić information content (AvgIpc) is 2.95. The Morgan fingerprint density at radius 2 is 2.17 bits per heavy atom. The fraction of sp³-hybridized carbons (Fsp3) is 0.562. The number of carbonyl (C=O) groups is 1. The van der Waals surface area contributed by atoms with Crippen molar-refractivity contribution in [3.8, 4) is 0 Å². The molecule has 2 atom stereocenters. The lowest BCUT2D eigenvalue weighted by atomic mass is 9.79. The molecule has 7 heteroatoms. The first-order chi connectivity index (χ1) is 10.9. The molecule has 122 valence electrons. The molecule has 23 heavy (non-hydrogen) atoms. The van der Waals surface area contributed by atoms with Crippen molar-refractivity contribution in [2.75, 3.05) is 12.3 Å². The van der Waals surface area contributed by atoms with E-state index < -0.39 is 0 Å². The van der Waals surface area contributed by atoms with E-state index in [9.17, 15) is 4.79 Å². The number of nitrogens with two attached hydrogens (primary N) is 1. The summed E-state index contributed by atoms with van der Waals surface area (Å²) in [6, 6.07) is 0.354. The molecule has 0 saturated carbocycles. The molecule has 4 heterocycles. The predicted octanol–water partition coefficient (Wildman–Crippen LogP) is 2.58. The van der Waals surface area contributed by atoms with Crippen molar-refractivity contribution in [2.45, 2.75) is 45.1 Å². The van der Waals surface area contributed by atoms with Gasteiger partial charge in [0, 0.05) is 37.3 Å². The van der Waals surface area contributed by atoms with Gasteiger partial charge in [-0.05, 0) is 34.2 Å². The van der Waals surface area contributed by atoms with Crippen LogP contribution in [-0.4, -0.2) is 37.8 Å². The number of carbonyl (C=O) groups excluding carboxylic acids is 1. The number of hydrogen-bond acceptors (Lipinski definition) is 4. The van der Waals surface area contributed by atoms with Crippen LogP contribution in [0.5, 0.6) is 0 Å². The molecule has 4 rings (SSSR count). The van der Waals surface area contributed by atoms with Crippen LogP contribution in [0.2, 0.25) is 0 Å². The quantitative estimate of drug-likeness (QED) is 0.828. The lowest BCUT2D eigenvalue weighted by Crippen LogP contribution is -2.44. The van der Waals surface area contributed by atoms with Crippen LogP contribution in [0, 0.1) is 5.41 Å². The van der Waals surface area contributed by atoms with E-state index in [1.165, 1.54) is 0 Å². The number of imidazole rings is 1. The number of piperidine rings is 1. The van der Waals surface area contributed by atoms with E-state index >= 15 is 0 Å². The number of hydrogen-bond donors (Lipinski definition) is 1. The van der Waals surface area contributed by atoms with Crippen molar-refractivity contribution in [3.05, 3.63) is 22.8 Å². The lowest BCUT2D eigenvalue weighted by Gasteiger charge is -2.39. The number of nitrogen functional groups attached to an aromatic ring is 1. The summed E-state index contributed by atoms with van der Waals surface area (Å²) in [6.45, 7) is 5.13. The molecule has 0 aliphatic carbocycles. The highest BCUT2D eigenvalue weighted by molar-refractivity contribution is 9.10. The molecule has 2 aromatic heterocycles. The first-order valence-corrected chi connectivity index (χ1v) is 8.75. The summed E-state index contributed by atoms with van der Waals surface area (Å²) in [5.74, 6) is 1.91. The Labute approximate surface area is 143 Å². The number of anilines is 1. The lowest BCUT2D eigenvalue weighted by molar-refractivity contribution is -0.130. The Morgan fingerprint density at radius 1 is 1.39 bits per heavy atom. The van der Waals surface area contributed by atoms with E-state index in [-0.39, 0.29) is 17.2 Å². The SMILES string of the molecule is CC1(C)CC(=O)N2C[C@@H](c3nc(Br)c4c(N)nccn34)CC[C@@H]21. The van der Waals surface area contributed by atoms with E-state index in [0.717, 1.165) is 30.7 Å². The number of fused-ring (bicyclic) bond motifs is 2. The van der Waals surface area contributed by atoms with Gasteiger partial charge in [0.05, 0.1) is 0 Å². The molecule has 2 aliphatic heterocycles. The summed E-state index contributed by atoms with van der Waals surface area (Å²) in [7, 11) is 0. The van der Waals surface area contributed by atoms with Crippen molar-refractivity contribution in [1.29, 1.82) is 0 Å². The van der Waals surface area contributed by atoms with Crippen LogP contribution in [0.1, 0.15) is 44.9 Å². The number of halogens is 1. The van der Waals surface area contributed by atoms with Gasteiger partial charge in [-0.1, -0.05) is 13.8 Å². The van der Waals surface area contributed by atoms with E-state index in [0.29, 0.717) is 22.9 Å². The normalized spacial score (nSPS) is 26.7. The second-order valence-corrected chi connectivity index (χ2v) is 8.04. The molecule has 0 aromatic carbocycles. The number of rotatable bonds is 1. The van der Waals surface area contributed by atoms with Gasteiger partial charge in [0.1, 0.15) is 15.9 Å². The van der Waals surface area contributed by atoms with Crippen molar-refractivity contribution in [1.82, 2.24) is 19.3 Å². The maximum atomic E-state index is 12.4. The van der Waals surface area contributed by atoms with Gasteiger partial charge in [0.2, 0.25) is 5.91 Å². The topological polar surface area (TPSA) is 76.5 Å². The summed E-state index contributed by atoms with van der Waals surface area (Å²) in [5.41, 5.74) is 6.86. The van der Waals surface area contributed by atoms with Gasteiger partial charge in [0.15, 0.2) is 5.82 Å². The summed E-state index contributed by atoms with van der Waals surface area (Å²) < 4.78 is 2.72. The molecule has 2 aromatic rings. The number of aromatic nitrogens is 3. The molecule has 6 nitrogen and oxygen atoms in total. The maximum absolute atomic E-state index is 12.4. The number of nitrogens with zero attached hydrogens (tertiary/aromatic N) is 4. The van der Waals surface area contributed by atoms with Crippen LogP contribution >= 0.6 is 15.9 Å². The summed E-state index contributed by atoms with van der Waals surface area (Å²) in [6.07, 6.45) is 6.28. The van der Waals surface area contributed by atoms with Crippen LogP contribution < -0.4 is 5.73 Å². The molecule has 2 saturated heterocycles.